The van der Waals surface area contributed by atoms with Crippen molar-refractivity contribution in [1.82, 2.24) is 5.32 Å². The van der Waals surface area contributed by atoms with E-state index >= 15 is 0 Å². The molecule has 0 aliphatic heterocycles. The highest BCUT2D eigenvalue weighted by Gasteiger charge is 2.19. The SMILES string of the molecule is [C]NCC1CC1. The third kappa shape index (κ3) is 0.977. The lowest BCUT2D eigenvalue weighted by Gasteiger charge is -1.86. The van der Waals surface area contributed by atoms with Gasteiger partial charge < -0.3 is 5.32 Å². The van der Waals surface area contributed by atoms with Gasteiger partial charge in [-0.25, -0.2) is 0 Å². The minimum Gasteiger partial charge on any atom is -0.306 e. The second kappa shape index (κ2) is 1.61. The summed E-state index contributed by atoms with van der Waals surface area (Å²) in [7, 11) is 6.52. The molecule has 1 fully saturated rings. The van der Waals surface area contributed by atoms with Crippen LogP contribution in [0.3, 0.4) is 0 Å². The highest BCUT2D eigenvalue weighted by molar-refractivity contribution is 4.74. The van der Waals surface area contributed by atoms with Crippen LogP contribution in [0.2, 0.25) is 0 Å². The monoisotopic (exact) mass is 82.1 g/mol. The molecule has 6 heavy (non-hydrogen) atoms. The summed E-state index contributed by atoms with van der Waals surface area (Å²) in [6.45, 7) is 0.903. The molecular formula is C5H8N. The molecule has 1 rings (SSSR count). The predicted octanol–water partition coefficient (Wildman–Crippen LogP) is 0.532. The molecule has 0 aromatic rings. The van der Waals surface area contributed by atoms with Gasteiger partial charge in [-0.2, -0.15) is 0 Å². The summed E-state index contributed by atoms with van der Waals surface area (Å²) in [6.07, 6.45) is 2.68. The molecule has 1 nitrogen and oxygen atoms in total. The average Bonchev–Trinajstić information content (AvgIpc) is 2.21. The molecule has 0 unspecified atom stereocenters. The van der Waals surface area contributed by atoms with Crippen molar-refractivity contribution in [3.05, 3.63) is 7.05 Å². The topological polar surface area (TPSA) is 12.0 Å². The molecule has 0 amide bonds. The van der Waals surface area contributed by atoms with Crippen molar-refractivity contribution in [3.63, 3.8) is 0 Å². The summed E-state index contributed by atoms with van der Waals surface area (Å²) in [4.78, 5) is 0. The maximum absolute atomic E-state index is 6.52. The van der Waals surface area contributed by atoms with Crippen molar-refractivity contribution in [3.8, 4) is 0 Å². The van der Waals surface area contributed by atoms with Crippen molar-refractivity contribution < 1.29 is 0 Å². The largest absolute Gasteiger partial charge is 0.306 e. The van der Waals surface area contributed by atoms with Gasteiger partial charge in [0.05, 0.1) is 7.05 Å². The molecule has 0 spiro atoms. The Kier molecular flexibility index (Phi) is 1.10. The summed E-state index contributed by atoms with van der Waals surface area (Å²) in [5.74, 6) is 0.850. The van der Waals surface area contributed by atoms with Gasteiger partial charge in [0.2, 0.25) is 0 Å². The normalized spacial score (nSPS) is 21.5. The molecule has 0 heterocycles. The van der Waals surface area contributed by atoms with Gasteiger partial charge in [0.25, 0.3) is 0 Å². The van der Waals surface area contributed by atoms with Crippen LogP contribution in [-0.4, -0.2) is 6.54 Å². The fraction of sp³-hybridized carbons (Fsp3) is 0.800. The van der Waals surface area contributed by atoms with E-state index in [1.807, 2.05) is 0 Å². The molecule has 0 aromatic heterocycles. The quantitative estimate of drug-likeness (QED) is 0.512. The second-order valence-electron chi connectivity index (χ2n) is 1.82. The third-order valence-electron chi connectivity index (χ3n) is 1.09. The number of nitrogens with one attached hydrogen (secondary N) is 1. The van der Waals surface area contributed by atoms with E-state index in [0.29, 0.717) is 0 Å². The summed E-state index contributed by atoms with van der Waals surface area (Å²) >= 11 is 0. The summed E-state index contributed by atoms with van der Waals surface area (Å²) in [5.41, 5.74) is 0. The molecule has 1 heteroatoms. The van der Waals surface area contributed by atoms with Crippen LogP contribution >= 0.6 is 0 Å². The first kappa shape index (κ1) is 4.13. The van der Waals surface area contributed by atoms with Gasteiger partial charge in [-0.3, -0.25) is 0 Å². The van der Waals surface area contributed by atoms with Crippen LogP contribution in [0.25, 0.3) is 0 Å². The molecule has 3 radical (unpaired) electrons. The number of rotatable bonds is 2. The van der Waals surface area contributed by atoms with E-state index in [0.717, 1.165) is 12.5 Å². The Labute approximate surface area is 38.7 Å². The molecule has 33 valence electrons. The van der Waals surface area contributed by atoms with Crippen LogP contribution in [0.15, 0.2) is 0 Å². The van der Waals surface area contributed by atoms with Crippen molar-refractivity contribution in [1.29, 1.82) is 0 Å². The van der Waals surface area contributed by atoms with Crippen LogP contribution < -0.4 is 5.32 Å². The fourth-order valence-corrected chi connectivity index (χ4v) is 0.466. The van der Waals surface area contributed by atoms with Gasteiger partial charge in [0.15, 0.2) is 0 Å². The maximum atomic E-state index is 6.52. The predicted molar refractivity (Wildman–Crippen MR) is 24.0 cm³/mol. The van der Waals surface area contributed by atoms with Gasteiger partial charge in [-0.15, -0.1) is 0 Å². The van der Waals surface area contributed by atoms with E-state index in [-0.39, 0.29) is 0 Å². The van der Waals surface area contributed by atoms with E-state index in [1.165, 1.54) is 12.8 Å². The highest BCUT2D eigenvalue weighted by atomic mass is 14.8. The van der Waals surface area contributed by atoms with Crippen molar-refractivity contribution in [2.45, 2.75) is 12.8 Å². The standard InChI is InChI=1S/C5H8N/c1-6-4-5-2-3-5/h5-6H,2-4H2. The summed E-state index contributed by atoms with van der Waals surface area (Å²) in [6, 6.07) is 0. The van der Waals surface area contributed by atoms with Gasteiger partial charge in [0.1, 0.15) is 0 Å². The van der Waals surface area contributed by atoms with Crippen LogP contribution in [0.5, 0.6) is 0 Å². The van der Waals surface area contributed by atoms with Gasteiger partial charge in [0, 0.05) is 0 Å². The Hall–Kier alpha value is -0.0400. The Balaban J connectivity index is 1.88. The summed E-state index contributed by atoms with van der Waals surface area (Å²) in [5, 5.41) is 2.38. The molecule has 0 bridgehead atoms. The van der Waals surface area contributed by atoms with Crippen LogP contribution in [0.4, 0.5) is 0 Å². The van der Waals surface area contributed by atoms with Crippen LogP contribution in [0.1, 0.15) is 12.8 Å². The first-order valence-corrected chi connectivity index (χ1v) is 2.33. The minimum absolute atomic E-state index is 0.850. The van der Waals surface area contributed by atoms with Gasteiger partial charge in [-0.1, -0.05) is 0 Å². The molecule has 1 N–H and O–H groups in total. The molecule has 0 saturated heterocycles. The first-order valence-electron chi connectivity index (χ1n) is 2.33. The van der Waals surface area contributed by atoms with E-state index in [1.54, 1.807) is 0 Å². The van der Waals surface area contributed by atoms with Crippen LogP contribution in [-0.2, 0) is 0 Å². The fourth-order valence-electron chi connectivity index (χ4n) is 0.466. The molecule has 0 atom stereocenters. The summed E-state index contributed by atoms with van der Waals surface area (Å²) < 4.78 is 0. The smallest absolute Gasteiger partial charge is 0.0851 e. The van der Waals surface area contributed by atoms with Gasteiger partial charge in [-0.05, 0) is 25.3 Å². The second-order valence-corrected chi connectivity index (χ2v) is 1.82. The number of hydrogen-bond donors (Lipinski definition) is 1. The Morgan fingerprint density at radius 3 is 2.50 bits per heavy atom. The Bertz CT molecular complexity index is 39.2. The van der Waals surface area contributed by atoms with E-state index in [9.17, 15) is 0 Å². The lowest BCUT2D eigenvalue weighted by molar-refractivity contribution is 0.745. The Morgan fingerprint density at radius 1 is 1.67 bits per heavy atom. The molecule has 1 saturated carbocycles. The molecule has 1 aliphatic carbocycles. The minimum atomic E-state index is 0.850. The average molecular weight is 82.1 g/mol. The molecule has 1 aliphatic rings. The van der Waals surface area contributed by atoms with E-state index in [2.05, 4.69) is 5.32 Å². The lowest BCUT2D eigenvalue weighted by atomic mass is 10.4. The van der Waals surface area contributed by atoms with E-state index < -0.39 is 0 Å². The number of hydrogen-bond acceptors (Lipinski definition) is 1. The zero-order chi connectivity index (χ0) is 4.41. The Morgan fingerprint density at radius 2 is 2.33 bits per heavy atom. The third-order valence-corrected chi connectivity index (χ3v) is 1.09. The van der Waals surface area contributed by atoms with Crippen molar-refractivity contribution in [2.75, 3.05) is 6.54 Å². The molecule has 0 aromatic carbocycles. The van der Waals surface area contributed by atoms with Crippen LogP contribution in [0, 0.1) is 13.0 Å². The highest BCUT2D eigenvalue weighted by Crippen LogP contribution is 2.27. The zero-order valence-corrected chi connectivity index (χ0v) is 3.70. The zero-order valence-electron chi connectivity index (χ0n) is 3.70. The van der Waals surface area contributed by atoms with Crippen molar-refractivity contribution >= 4 is 0 Å². The molecular weight excluding hydrogens is 74.1 g/mol. The first-order chi connectivity index (χ1) is 2.93. The maximum Gasteiger partial charge on any atom is 0.0851 e. The van der Waals surface area contributed by atoms with Crippen molar-refractivity contribution in [2.24, 2.45) is 5.92 Å². The van der Waals surface area contributed by atoms with E-state index in [4.69, 9.17) is 7.05 Å². The lowest BCUT2D eigenvalue weighted by Crippen LogP contribution is -2.05. The van der Waals surface area contributed by atoms with Gasteiger partial charge >= 0.3 is 0 Å².